The van der Waals surface area contributed by atoms with Crippen LogP contribution in [0.5, 0.6) is 0 Å². The van der Waals surface area contributed by atoms with Gasteiger partial charge in [0.05, 0.1) is 11.2 Å². The van der Waals surface area contributed by atoms with Crippen molar-refractivity contribution in [1.29, 1.82) is 5.26 Å². The van der Waals surface area contributed by atoms with Crippen LogP contribution in [0.25, 0.3) is 10.9 Å². The lowest BCUT2D eigenvalue weighted by molar-refractivity contribution is 0.0695. The van der Waals surface area contributed by atoms with Crippen LogP contribution >= 0.6 is 0 Å². The van der Waals surface area contributed by atoms with E-state index in [0.29, 0.717) is 37.4 Å². The molecule has 2 aromatic rings. The lowest BCUT2D eigenvalue weighted by Gasteiger charge is -2.33. The zero-order valence-electron chi connectivity index (χ0n) is 14.0. The number of aromatic nitrogens is 1. The Morgan fingerprint density at radius 3 is 2.50 bits per heavy atom. The molecule has 134 valence electrons. The third-order valence-corrected chi connectivity index (χ3v) is 5.03. The number of nitrogens with zero attached hydrogens (tertiary/aromatic N) is 4. The molecule has 1 saturated carbocycles. The fourth-order valence-electron chi connectivity index (χ4n) is 3.46. The van der Waals surface area contributed by atoms with E-state index >= 15 is 0 Å². The predicted molar refractivity (Wildman–Crippen MR) is 92.8 cm³/mol. The maximum absolute atomic E-state index is 14.7. The number of piperazine rings is 1. The molecule has 7 nitrogen and oxygen atoms in total. The van der Waals surface area contributed by atoms with Gasteiger partial charge in [-0.1, -0.05) is 0 Å². The molecule has 2 aliphatic rings. The van der Waals surface area contributed by atoms with Gasteiger partial charge in [-0.15, -0.1) is 0 Å². The first-order valence-electron chi connectivity index (χ1n) is 8.51. The van der Waals surface area contributed by atoms with E-state index < -0.39 is 17.2 Å². The van der Waals surface area contributed by atoms with Crippen molar-refractivity contribution >= 4 is 22.6 Å². The summed E-state index contributed by atoms with van der Waals surface area (Å²) in [5, 5.41) is 18.3. The Bertz CT molecular complexity index is 998. The molecule has 1 aliphatic heterocycles. The van der Waals surface area contributed by atoms with Crippen LogP contribution in [0.2, 0.25) is 0 Å². The van der Waals surface area contributed by atoms with Gasteiger partial charge in [0.1, 0.15) is 11.4 Å². The first-order valence-corrected chi connectivity index (χ1v) is 8.51. The largest absolute Gasteiger partial charge is 0.477 e. The number of aromatic carboxylic acids is 1. The van der Waals surface area contributed by atoms with Gasteiger partial charge in [0.15, 0.2) is 6.19 Å². The lowest BCUT2D eigenvalue weighted by atomic mass is 10.1. The smallest absolute Gasteiger partial charge is 0.341 e. The second-order valence-electron chi connectivity index (χ2n) is 6.71. The minimum atomic E-state index is -1.30. The van der Waals surface area contributed by atoms with E-state index in [1.165, 1.54) is 6.20 Å². The van der Waals surface area contributed by atoms with E-state index in [4.69, 9.17) is 5.26 Å². The van der Waals surface area contributed by atoms with Crippen LogP contribution in [-0.4, -0.2) is 46.7 Å². The quantitative estimate of drug-likeness (QED) is 0.843. The van der Waals surface area contributed by atoms with Gasteiger partial charge in [-0.05, 0) is 25.0 Å². The van der Waals surface area contributed by atoms with Crippen LogP contribution in [0, 0.1) is 17.3 Å². The summed E-state index contributed by atoms with van der Waals surface area (Å²) in [6.45, 7) is 2.05. The number of carbonyl (C=O) groups is 1. The van der Waals surface area contributed by atoms with E-state index in [2.05, 4.69) is 6.19 Å². The highest BCUT2D eigenvalue weighted by Gasteiger charge is 2.28. The molecular weight excluding hydrogens is 339 g/mol. The summed E-state index contributed by atoms with van der Waals surface area (Å²) in [6.07, 6.45) is 5.28. The summed E-state index contributed by atoms with van der Waals surface area (Å²) in [7, 11) is 0. The standard InChI is InChI=1S/C18H17FN4O3/c19-14-7-12-15(8-16(14)22-5-3-21(10-20)4-6-22)23(11-1-2-11)9-13(17(12)24)18(25)26/h7-9,11H,1-6H2,(H,25,26). The fraction of sp³-hybridized carbons (Fsp3) is 0.389. The highest BCUT2D eigenvalue weighted by atomic mass is 19.1. The van der Waals surface area contributed by atoms with Crippen LogP contribution in [-0.2, 0) is 0 Å². The molecule has 26 heavy (non-hydrogen) atoms. The van der Waals surface area contributed by atoms with E-state index in [9.17, 15) is 19.1 Å². The van der Waals surface area contributed by atoms with Gasteiger partial charge in [0.2, 0.25) is 5.43 Å². The molecule has 8 heteroatoms. The number of fused-ring (bicyclic) bond motifs is 1. The number of pyridine rings is 1. The van der Waals surface area contributed by atoms with Crippen molar-refractivity contribution < 1.29 is 14.3 Å². The summed E-state index contributed by atoms with van der Waals surface area (Å²) in [4.78, 5) is 27.3. The number of carboxylic acids is 1. The molecule has 2 fully saturated rings. The average Bonchev–Trinajstić information content (AvgIpc) is 3.47. The fourth-order valence-corrected chi connectivity index (χ4v) is 3.46. The Labute approximate surface area is 148 Å². The normalized spacial score (nSPS) is 17.4. The van der Waals surface area contributed by atoms with Crippen LogP contribution in [0.15, 0.2) is 23.1 Å². The minimum Gasteiger partial charge on any atom is -0.477 e. The minimum absolute atomic E-state index is 0.0914. The average molecular weight is 356 g/mol. The van der Waals surface area contributed by atoms with E-state index in [1.54, 1.807) is 15.5 Å². The van der Waals surface area contributed by atoms with E-state index in [0.717, 1.165) is 18.9 Å². The Balaban J connectivity index is 1.85. The van der Waals surface area contributed by atoms with Gasteiger partial charge in [-0.25, -0.2) is 9.18 Å². The summed E-state index contributed by atoms with van der Waals surface area (Å²) < 4.78 is 16.5. The topological polar surface area (TPSA) is 89.6 Å². The third-order valence-electron chi connectivity index (χ3n) is 5.03. The molecule has 1 N–H and O–H groups in total. The maximum atomic E-state index is 14.7. The van der Waals surface area contributed by atoms with Gasteiger partial charge >= 0.3 is 5.97 Å². The van der Waals surface area contributed by atoms with Crippen LogP contribution in [0.3, 0.4) is 0 Å². The monoisotopic (exact) mass is 356 g/mol. The summed E-state index contributed by atoms with van der Waals surface area (Å²) in [6, 6.07) is 2.93. The van der Waals surface area contributed by atoms with Gasteiger partial charge in [-0.2, -0.15) is 5.26 Å². The van der Waals surface area contributed by atoms with Crippen molar-refractivity contribution in [3.05, 3.63) is 39.9 Å². The zero-order chi connectivity index (χ0) is 18.4. The Morgan fingerprint density at radius 2 is 1.92 bits per heavy atom. The molecule has 1 aromatic heterocycles. The number of nitriles is 1. The molecule has 1 aliphatic carbocycles. The molecule has 0 spiro atoms. The van der Waals surface area contributed by atoms with E-state index in [-0.39, 0.29) is 17.0 Å². The van der Waals surface area contributed by atoms with Gasteiger partial charge in [-0.3, -0.25) is 4.79 Å². The first-order chi connectivity index (χ1) is 12.5. The van der Waals surface area contributed by atoms with Gasteiger partial charge < -0.3 is 19.5 Å². The van der Waals surface area contributed by atoms with Crippen molar-refractivity contribution in [2.75, 3.05) is 31.1 Å². The number of hydrogen-bond acceptors (Lipinski definition) is 5. The van der Waals surface area contributed by atoms with Crippen molar-refractivity contribution in [2.45, 2.75) is 18.9 Å². The van der Waals surface area contributed by atoms with Gasteiger partial charge in [0.25, 0.3) is 0 Å². The highest BCUT2D eigenvalue weighted by Crippen LogP contribution is 2.38. The second-order valence-corrected chi connectivity index (χ2v) is 6.71. The summed E-state index contributed by atoms with van der Waals surface area (Å²) >= 11 is 0. The Kier molecular flexibility index (Phi) is 3.80. The summed E-state index contributed by atoms with van der Waals surface area (Å²) in [5.74, 6) is -1.85. The number of hydrogen-bond donors (Lipinski definition) is 1. The Morgan fingerprint density at radius 1 is 1.23 bits per heavy atom. The van der Waals surface area contributed by atoms with Gasteiger partial charge in [0, 0.05) is 43.8 Å². The molecular formula is C18H17FN4O3. The maximum Gasteiger partial charge on any atom is 0.341 e. The molecule has 2 heterocycles. The highest BCUT2D eigenvalue weighted by molar-refractivity contribution is 5.93. The van der Waals surface area contributed by atoms with Crippen molar-refractivity contribution in [1.82, 2.24) is 9.47 Å². The molecule has 1 saturated heterocycles. The van der Waals surface area contributed by atoms with Crippen molar-refractivity contribution in [3.63, 3.8) is 0 Å². The number of halogens is 1. The second kappa shape index (κ2) is 6.02. The summed E-state index contributed by atoms with van der Waals surface area (Å²) in [5.41, 5.74) is -0.0584. The number of rotatable bonds is 3. The predicted octanol–water partition coefficient (Wildman–Crippen LogP) is 1.78. The SMILES string of the molecule is N#CN1CCN(c2cc3c(cc2F)c(=O)c(C(=O)O)cn3C2CC2)CC1. The molecule has 4 rings (SSSR count). The van der Waals surface area contributed by atoms with Crippen LogP contribution in [0.1, 0.15) is 29.2 Å². The molecule has 0 radical (unpaired) electrons. The molecule has 0 atom stereocenters. The van der Waals surface area contributed by atoms with Crippen molar-refractivity contribution in [2.24, 2.45) is 0 Å². The zero-order valence-corrected chi connectivity index (χ0v) is 14.0. The van der Waals surface area contributed by atoms with E-state index in [1.807, 2.05) is 4.90 Å². The number of anilines is 1. The molecule has 1 aromatic carbocycles. The molecule has 0 amide bonds. The first kappa shape index (κ1) is 16.4. The molecule has 0 bridgehead atoms. The third kappa shape index (κ3) is 2.65. The lowest BCUT2D eigenvalue weighted by Crippen LogP contribution is -2.44. The molecule has 0 unspecified atom stereocenters. The Hall–Kier alpha value is -3.08. The van der Waals surface area contributed by atoms with Crippen LogP contribution < -0.4 is 10.3 Å². The number of benzene rings is 1. The number of carboxylic acid groups (broad SMARTS) is 1. The van der Waals surface area contributed by atoms with Crippen molar-refractivity contribution in [3.8, 4) is 6.19 Å². The van der Waals surface area contributed by atoms with Crippen LogP contribution in [0.4, 0.5) is 10.1 Å².